The highest BCUT2D eigenvalue weighted by Gasteiger charge is 2.22. The van der Waals surface area contributed by atoms with Gasteiger partial charge in [-0.25, -0.2) is 9.18 Å². The van der Waals surface area contributed by atoms with Crippen LogP contribution in [0.2, 0.25) is 0 Å². The van der Waals surface area contributed by atoms with Crippen LogP contribution in [0.4, 0.5) is 9.18 Å². The minimum Gasteiger partial charge on any atom is -0.434 e. The molecule has 0 radical (unpaired) electrons. The average molecular weight is 384 g/mol. The second kappa shape index (κ2) is 9.72. The smallest absolute Gasteiger partial charge is 0.434 e. The molecular weight excluding hydrogens is 355 g/mol. The third-order valence-corrected chi connectivity index (χ3v) is 5.64. The van der Waals surface area contributed by atoms with Crippen molar-refractivity contribution in [3.05, 3.63) is 53.8 Å². The van der Waals surface area contributed by atoms with Crippen molar-refractivity contribution in [1.29, 1.82) is 0 Å². The minimum absolute atomic E-state index is 0.202. The Kier molecular flexibility index (Phi) is 7.07. The fourth-order valence-electron chi connectivity index (χ4n) is 4.16. The number of hydrogen-bond acceptors (Lipinski definition) is 3. The lowest BCUT2D eigenvalue weighted by Crippen LogP contribution is -2.13. The molecule has 4 heteroatoms. The number of halogens is 1. The van der Waals surface area contributed by atoms with Gasteiger partial charge in [-0.2, -0.15) is 0 Å². The molecule has 0 amide bonds. The monoisotopic (exact) mass is 384 g/mol. The van der Waals surface area contributed by atoms with E-state index >= 15 is 0 Å². The molecule has 2 aromatic rings. The van der Waals surface area contributed by atoms with Gasteiger partial charge in [-0.3, -0.25) is 0 Å². The molecule has 1 fully saturated rings. The normalized spacial score (nSPS) is 19.2. The van der Waals surface area contributed by atoms with Gasteiger partial charge >= 0.3 is 6.16 Å². The molecule has 3 nitrogen and oxygen atoms in total. The van der Waals surface area contributed by atoms with E-state index in [1.807, 2.05) is 6.07 Å². The molecule has 1 aliphatic rings. The minimum atomic E-state index is -0.737. The molecule has 2 aromatic carbocycles. The highest BCUT2D eigenvalue weighted by atomic mass is 19.1. The molecule has 0 unspecified atom stereocenters. The van der Waals surface area contributed by atoms with Gasteiger partial charge in [0.1, 0.15) is 11.6 Å². The Morgan fingerprint density at radius 1 is 1.04 bits per heavy atom. The molecule has 0 atom stereocenters. The van der Waals surface area contributed by atoms with Crippen molar-refractivity contribution < 1.29 is 18.7 Å². The summed E-state index contributed by atoms with van der Waals surface area (Å²) in [6, 6.07) is 12.4. The first-order valence-corrected chi connectivity index (χ1v) is 10.3. The topological polar surface area (TPSA) is 35.5 Å². The summed E-state index contributed by atoms with van der Waals surface area (Å²) < 4.78 is 24.6. The molecule has 1 aliphatic carbocycles. The molecule has 0 heterocycles. The summed E-state index contributed by atoms with van der Waals surface area (Å²) in [4.78, 5) is 11.4. The summed E-state index contributed by atoms with van der Waals surface area (Å²) in [5.41, 5.74) is 2.43. The Morgan fingerprint density at radius 2 is 1.75 bits per heavy atom. The van der Waals surface area contributed by atoms with Crippen molar-refractivity contribution in [3.63, 3.8) is 0 Å². The van der Waals surface area contributed by atoms with Crippen molar-refractivity contribution in [2.45, 2.75) is 58.3 Å². The number of rotatable bonds is 6. The van der Waals surface area contributed by atoms with Crippen molar-refractivity contribution in [2.24, 2.45) is 5.92 Å². The fourth-order valence-corrected chi connectivity index (χ4v) is 4.16. The lowest BCUT2D eigenvalue weighted by Gasteiger charge is -2.28. The van der Waals surface area contributed by atoms with Gasteiger partial charge in [-0.15, -0.1) is 0 Å². The van der Waals surface area contributed by atoms with E-state index in [9.17, 15) is 9.18 Å². The zero-order valence-corrected chi connectivity index (χ0v) is 16.7. The third-order valence-electron chi connectivity index (χ3n) is 5.64. The van der Waals surface area contributed by atoms with Crippen LogP contribution in [0.25, 0.3) is 11.1 Å². The first-order chi connectivity index (χ1) is 13.6. The summed E-state index contributed by atoms with van der Waals surface area (Å²) in [5, 5.41) is 0. The first-order valence-electron chi connectivity index (χ1n) is 10.3. The van der Waals surface area contributed by atoms with Crippen LogP contribution >= 0.6 is 0 Å². The Bertz CT molecular complexity index is 777. The second-order valence-electron chi connectivity index (χ2n) is 7.56. The van der Waals surface area contributed by atoms with E-state index in [0.29, 0.717) is 17.2 Å². The largest absolute Gasteiger partial charge is 0.513 e. The summed E-state index contributed by atoms with van der Waals surface area (Å²) >= 11 is 0. The van der Waals surface area contributed by atoms with E-state index < -0.39 is 6.16 Å². The first kappa shape index (κ1) is 20.4. The maximum Gasteiger partial charge on any atom is 0.513 e. The lowest BCUT2D eigenvalue weighted by atomic mass is 9.77. The molecule has 0 saturated heterocycles. The van der Waals surface area contributed by atoms with Crippen LogP contribution in [0.5, 0.6) is 5.75 Å². The molecule has 0 spiro atoms. The molecule has 150 valence electrons. The Hall–Kier alpha value is -2.36. The van der Waals surface area contributed by atoms with Crippen molar-refractivity contribution in [3.8, 4) is 16.9 Å². The quantitative estimate of drug-likeness (QED) is 0.393. The van der Waals surface area contributed by atoms with Gasteiger partial charge < -0.3 is 9.47 Å². The van der Waals surface area contributed by atoms with Gasteiger partial charge in [0.05, 0.1) is 6.61 Å². The van der Waals surface area contributed by atoms with Crippen LogP contribution in [-0.4, -0.2) is 12.8 Å². The van der Waals surface area contributed by atoms with Crippen molar-refractivity contribution >= 4 is 6.16 Å². The Balaban J connectivity index is 1.66. The van der Waals surface area contributed by atoms with Gasteiger partial charge in [0.15, 0.2) is 0 Å². The predicted octanol–water partition coefficient (Wildman–Crippen LogP) is 7.10. The molecule has 1 saturated carbocycles. The molecule has 3 rings (SSSR count). The Morgan fingerprint density at radius 3 is 2.36 bits per heavy atom. The molecular formula is C24H29FO3. The van der Waals surface area contributed by atoms with Gasteiger partial charge in [0, 0.05) is 5.56 Å². The maximum atomic E-state index is 14.8. The van der Waals surface area contributed by atoms with Gasteiger partial charge in [-0.1, -0.05) is 44.0 Å². The number of benzene rings is 2. The number of carbonyl (C=O) groups excluding carboxylic acids is 1. The van der Waals surface area contributed by atoms with E-state index in [2.05, 4.69) is 13.0 Å². The molecule has 0 N–H and O–H groups in total. The standard InChI is InChI=1S/C24H29FO3/c1-3-5-17-6-8-18(9-7-17)20-12-15-22(23(25)16-20)19-10-13-21(14-11-19)28-24(26)27-4-2/h10-18H,3-9H2,1-2H3/t17-,18-. The van der Waals surface area contributed by atoms with Crippen molar-refractivity contribution in [2.75, 3.05) is 6.61 Å². The number of hydrogen-bond donors (Lipinski definition) is 0. The number of carbonyl (C=O) groups is 1. The van der Waals surface area contributed by atoms with Gasteiger partial charge in [0.25, 0.3) is 0 Å². The van der Waals surface area contributed by atoms with Crippen LogP contribution < -0.4 is 4.74 Å². The van der Waals surface area contributed by atoms with E-state index in [4.69, 9.17) is 9.47 Å². The summed E-state index contributed by atoms with van der Waals surface area (Å²) in [6.07, 6.45) is 6.65. The third kappa shape index (κ3) is 5.12. The van der Waals surface area contributed by atoms with E-state index in [1.54, 1.807) is 37.3 Å². The van der Waals surface area contributed by atoms with Gasteiger partial charge in [0.2, 0.25) is 0 Å². The highest BCUT2D eigenvalue weighted by molar-refractivity contribution is 5.67. The van der Waals surface area contributed by atoms with Crippen LogP contribution in [0, 0.1) is 11.7 Å². The molecule has 0 aliphatic heterocycles. The Labute approximate surface area is 166 Å². The highest BCUT2D eigenvalue weighted by Crippen LogP contribution is 2.38. The summed E-state index contributed by atoms with van der Waals surface area (Å²) in [6.45, 7) is 4.22. The van der Waals surface area contributed by atoms with Gasteiger partial charge in [-0.05, 0) is 73.8 Å². The molecule has 0 aromatic heterocycles. The second-order valence-corrected chi connectivity index (χ2v) is 7.56. The van der Waals surface area contributed by atoms with E-state index in [-0.39, 0.29) is 12.4 Å². The number of ether oxygens (including phenoxy) is 2. The van der Waals surface area contributed by atoms with Crippen LogP contribution in [0.1, 0.15) is 63.9 Å². The van der Waals surface area contributed by atoms with Crippen molar-refractivity contribution in [1.82, 2.24) is 0 Å². The zero-order valence-electron chi connectivity index (χ0n) is 16.7. The van der Waals surface area contributed by atoms with Crippen LogP contribution in [-0.2, 0) is 4.74 Å². The SMILES string of the molecule is CCC[C@H]1CC[C@H](c2ccc(-c3ccc(OC(=O)OCC)cc3)c(F)c2)CC1. The summed E-state index contributed by atoms with van der Waals surface area (Å²) in [5.74, 6) is 1.49. The average Bonchev–Trinajstić information content (AvgIpc) is 2.70. The van der Waals surface area contributed by atoms with Crippen LogP contribution in [0.3, 0.4) is 0 Å². The zero-order chi connectivity index (χ0) is 19.9. The van der Waals surface area contributed by atoms with E-state index in [0.717, 1.165) is 29.9 Å². The van der Waals surface area contributed by atoms with E-state index in [1.165, 1.54) is 25.7 Å². The summed E-state index contributed by atoms with van der Waals surface area (Å²) in [7, 11) is 0. The fraction of sp³-hybridized carbons (Fsp3) is 0.458. The predicted molar refractivity (Wildman–Crippen MR) is 109 cm³/mol. The molecule has 0 bridgehead atoms. The maximum absolute atomic E-state index is 14.8. The lowest BCUT2D eigenvalue weighted by molar-refractivity contribution is 0.104. The molecule has 28 heavy (non-hydrogen) atoms. The van der Waals surface area contributed by atoms with Crippen LogP contribution in [0.15, 0.2) is 42.5 Å².